The van der Waals surface area contributed by atoms with Crippen LogP contribution in [0.4, 0.5) is 4.39 Å². The van der Waals surface area contributed by atoms with Crippen molar-refractivity contribution in [2.45, 2.75) is 25.6 Å². The van der Waals surface area contributed by atoms with Gasteiger partial charge in [0.1, 0.15) is 11.9 Å². The molecule has 0 aliphatic rings. The van der Waals surface area contributed by atoms with Gasteiger partial charge in [0.2, 0.25) is 0 Å². The van der Waals surface area contributed by atoms with Crippen molar-refractivity contribution in [1.29, 1.82) is 0 Å². The first-order valence-corrected chi connectivity index (χ1v) is 5.28. The first-order valence-electron chi connectivity index (χ1n) is 4.74. The SMILES string of the molecule is Cc1ccc(F)c(C(O)C(O)CCCl)c1. The summed E-state index contributed by atoms with van der Waals surface area (Å²) < 4.78 is 13.3. The summed E-state index contributed by atoms with van der Waals surface area (Å²) in [6.45, 7) is 1.80. The van der Waals surface area contributed by atoms with Crippen molar-refractivity contribution in [3.05, 3.63) is 35.1 Å². The number of alkyl halides is 1. The molecule has 2 atom stereocenters. The second kappa shape index (κ2) is 5.45. The minimum atomic E-state index is -1.22. The fraction of sp³-hybridized carbons (Fsp3) is 0.455. The molecular weight excluding hydrogens is 219 g/mol. The van der Waals surface area contributed by atoms with E-state index < -0.39 is 18.0 Å². The Morgan fingerprint density at radius 2 is 2.07 bits per heavy atom. The molecule has 4 heteroatoms. The standard InChI is InChI=1S/C11H14ClFO2/c1-7-2-3-9(13)8(6-7)11(15)10(14)4-5-12/h2-3,6,10-11,14-15H,4-5H2,1H3. The molecule has 0 saturated carbocycles. The maximum Gasteiger partial charge on any atom is 0.129 e. The molecule has 0 aliphatic heterocycles. The zero-order valence-corrected chi connectivity index (χ0v) is 9.21. The van der Waals surface area contributed by atoms with Crippen LogP contribution < -0.4 is 0 Å². The van der Waals surface area contributed by atoms with E-state index in [4.69, 9.17) is 11.6 Å². The van der Waals surface area contributed by atoms with Crippen LogP contribution in [0, 0.1) is 12.7 Å². The average Bonchev–Trinajstić information content (AvgIpc) is 2.21. The lowest BCUT2D eigenvalue weighted by atomic mass is 10.0. The van der Waals surface area contributed by atoms with E-state index in [1.165, 1.54) is 12.1 Å². The second-order valence-electron chi connectivity index (χ2n) is 3.51. The Hall–Kier alpha value is -0.640. The Kier molecular flexibility index (Phi) is 4.51. The normalized spacial score (nSPS) is 15.0. The number of hydrogen-bond acceptors (Lipinski definition) is 2. The fourth-order valence-electron chi connectivity index (χ4n) is 1.37. The van der Waals surface area contributed by atoms with Gasteiger partial charge in [-0.3, -0.25) is 0 Å². The van der Waals surface area contributed by atoms with Gasteiger partial charge >= 0.3 is 0 Å². The minimum Gasteiger partial charge on any atom is -0.390 e. The number of benzene rings is 1. The topological polar surface area (TPSA) is 40.5 Å². The molecule has 1 rings (SSSR count). The van der Waals surface area contributed by atoms with Crippen molar-refractivity contribution in [2.24, 2.45) is 0 Å². The molecule has 0 bridgehead atoms. The number of rotatable bonds is 4. The van der Waals surface area contributed by atoms with Crippen LogP contribution in [0.2, 0.25) is 0 Å². The Balaban J connectivity index is 2.89. The highest BCUT2D eigenvalue weighted by Crippen LogP contribution is 2.23. The van der Waals surface area contributed by atoms with Crippen LogP contribution in [0.3, 0.4) is 0 Å². The van der Waals surface area contributed by atoms with Crippen LogP contribution in [0.1, 0.15) is 23.7 Å². The smallest absolute Gasteiger partial charge is 0.129 e. The van der Waals surface area contributed by atoms with Crippen molar-refractivity contribution in [3.8, 4) is 0 Å². The van der Waals surface area contributed by atoms with Gasteiger partial charge in [-0.1, -0.05) is 17.7 Å². The van der Waals surface area contributed by atoms with Gasteiger partial charge in [-0.25, -0.2) is 4.39 Å². The molecule has 0 aromatic heterocycles. The van der Waals surface area contributed by atoms with Gasteiger partial charge in [-0.15, -0.1) is 11.6 Å². The van der Waals surface area contributed by atoms with Gasteiger partial charge in [0.25, 0.3) is 0 Å². The molecule has 0 fully saturated rings. The molecule has 2 unspecified atom stereocenters. The average molecular weight is 233 g/mol. The predicted molar refractivity (Wildman–Crippen MR) is 57.4 cm³/mol. The first-order chi connectivity index (χ1) is 7.06. The zero-order chi connectivity index (χ0) is 11.4. The highest BCUT2D eigenvalue weighted by Gasteiger charge is 2.20. The van der Waals surface area contributed by atoms with Gasteiger partial charge < -0.3 is 10.2 Å². The fourth-order valence-corrected chi connectivity index (χ4v) is 1.59. The van der Waals surface area contributed by atoms with E-state index >= 15 is 0 Å². The van der Waals surface area contributed by atoms with E-state index in [1.807, 2.05) is 0 Å². The van der Waals surface area contributed by atoms with E-state index in [2.05, 4.69) is 0 Å². The number of hydrogen-bond donors (Lipinski definition) is 2. The van der Waals surface area contributed by atoms with E-state index in [1.54, 1.807) is 13.0 Å². The summed E-state index contributed by atoms with van der Waals surface area (Å²) in [5.74, 6) is -0.284. The van der Waals surface area contributed by atoms with Gasteiger partial charge in [0, 0.05) is 11.4 Å². The van der Waals surface area contributed by atoms with Crippen LogP contribution >= 0.6 is 11.6 Å². The molecule has 1 aromatic carbocycles. The molecule has 84 valence electrons. The quantitative estimate of drug-likeness (QED) is 0.781. The second-order valence-corrected chi connectivity index (χ2v) is 3.89. The number of aliphatic hydroxyl groups excluding tert-OH is 2. The van der Waals surface area contributed by atoms with Crippen LogP contribution in [0.25, 0.3) is 0 Å². The maximum absolute atomic E-state index is 13.3. The largest absolute Gasteiger partial charge is 0.390 e. The lowest BCUT2D eigenvalue weighted by molar-refractivity contribution is 0.0149. The summed E-state index contributed by atoms with van der Waals surface area (Å²) in [6.07, 6.45) is -2.02. The Bertz CT molecular complexity index is 330. The third-order valence-corrected chi connectivity index (χ3v) is 2.46. The summed E-state index contributed by atoms with van der Waals surface area (Å²) >= 11 is 5.43. The van der Waals surface area contributed by atoms with E-state index in [0.717, 1.165) is 5.56 Å². The third-order valence-electron chi connectivity index (χ3n) is 2.24. The Morgan fingerprint density at radius 1 is 1.40 bits per heavy atom. The van der Waals surface area contributed by atoms with Gasteiger partial charge in [0.15, 0.2) is 0 Å². The molecule has 0 amide bonds. The summed E-state index contributed by atoms with van der Waals surface area (Å²) in [5, 5.41) is 19.2. The molecule has 0 heterocycles. The maximum atomic E-state index is 13.3. The van der Waals surface area contributed by atoms with Gasteiger partial charge in [-0.05, 0) is 19.4 Å². The third kappa shape index (κ3) is 3.16. The van der Waals surface area contributed by atoms with Gasteiger partial charge in [-0.2, -0.15) is 0 Å². The van der Waals surface area contributed by atoms with Crippen molar-refractivity contribution in [1.82, 2.24) is 0 Å². The van der Waals surface area contributed by atoms with Crippen molar-refractivity contribution >= 4 is 11.6 Å². The molecular formula is C11H14ClFO2. The van der Waals surface area contributed by atoms with Crippen LogP contribution in [-0.2, 0) is 0 Å². The first kappa shape index (κ1) is 12.4. The Morgan fingerprint density at radius 3 is 2.67 bits per heavy atom. The number of aryl methyl sites for hydroxylation is 1. The van der Waals surface area contributed by atoms with Crippen LogP contribution in [0.5, 0.6) is 0 Å². The molecule has 1 aromatic rings. The summed E-state index contributed by atoms with van der Waals surface area (Å²) in [5.41, 5.74) is 0.955. The lowest BCUT2D eigenvalue weighted by Gasteiger charge is -2.18. The number of halogens is 2. The lowest BCUT2D eigenvalue weighted by Crippen LogP contribution is -2.19. The summed E-state index contributed by atoms with van der Waals surface area (Å²) in [7, 11) is 0. The van der Waals surface area contributed by atoms with E-state index in [9.17, 15) is 14.6 Å². The predicted octanol–water partition coefficient (Wildman–Crippen LogP) is 2.16. The summed E-state index contributed by atoms with van der Waals surface area (Å²) in [6, 6.07) is 4.41. The molecule has 15 heavy (non-hydrogen) atoms. The van der Waals surface area contributed by atoms with Gasteiger partial charge in [0.05, 0.1) is 6.10 Å². The van der Waals surface area contributed by atoms with E-state index in [-0.39, 0.29) is 17.9 Å². The molecule has 2 N–H and O–H groups in total. The number of aliphatic hydroxyl groups is 2. The zero-order valence-electron chi connectivity index (χ0n) is 8.45. The summed E-state index contributed by atoms with van der Waals surface area (Å²) in [4.78, 5) is 0. The highest BCUT2D eigenvalue weighted by molar-refractivity contribution is 6.17. The van der Waals surface area contributed by atoms with Crippen molar-refractivity contribution in [2.75, 3.05) is 5.88 Å². The van der Waals surface area contributed by atoms with Crippen LogP contribution in [-0.4, -0.2) is 22.2 Å². The molecule has 0 spiro atoms. The monoisotopic (exact) mass is 232 g/mol. The minimum absolute atomic E-state index is 0.118. The van der Waals surface area contributed by atoms with E-state index in [0.29, 0.717) is 0 Å². The van der Waals surface area contributed by atoms with Crippen molar-refractivity contribution < 1.29 is 14.6 Å². The molecule has 0 saturated heterocycles. The molecule has 2 nitrogen and oxygen atoms in total. The van der Waals surface area contributed by atoms with Crippen molar-refractivity contribution in [3.63, 3.8) is 0 Å². The Labute approximate surface area is 93.3 Å². The van der Waals surface area contributed by atoms with Crippen LogP contribution in [0.15, 0.2) is 18.2 Å². The molecule has 0 aliphatic carbocycles. The highest BCUT2D eigenvalue weighted by atomic mass is 35.5. The molecule has 0 radical (unpaired) electrons.